The number of hydrogen-bond acceptors (Lipinski definition) is 3. The summed E-state index contributed by atoms with van der Waals surface area (Å²) in [5, 5.41) is 0. The molecule has 0 bridgehead atoms. The Morgan fingerprint density at radius 2 is 2.39 bits per heavy atom. The van der Waals surface area contributed by atoms with Gasteiger partial charge in [0.25, 0.3) is 0 Å². The first-order valence-electron chi connectivity index (χ1n) is 7.12. The molecule has 1 aromatic heterocycles. The molecule has 1 fully saturated rings. The van der Waals surface area contributed by atoms with Gasteiger partial charge in [-0.15, -0.1) is 0 Å². The number of likely N-dealkylation sites (tertiary alicyclic amines) is 1. The Bertz CT molecular complexity index is 352. The number of rotatable bonds is 4. The lowest BCUT2D eigenvalue weighted by molar-refractivity contribution is 0.111. The van der Waals surface area contributed by atoms with Crippen LogP contribution in [-0.2, 0) is 0 Å². The number of nitrogens with two attached hydrogens (primary N) is 1. The molecular weight excluding hydrogens is 222 g/mol. The van der Waals surface area contributed by atoms with Gasteiger partial charge in [-0.25, -0.2) is 0 Å². The molecule has 0 spiro atoms. The van der Waals surface area contributed by atoms with Gasteiger partial charge in [0.1, 0.15) is 0 Å². The molecular formula is C15H25N3. The van der Waals surface area contributed by atoms with Crippen LogP contribution in [0.3, 0.4) is 0 Å². The van der Waals surface area contributed by atoms with Crippen LogP contribution in [0.25, 0.3) is 0 Å². The first-order chi connectivity index (χ1) is 8.72. The summed E-state index contributed by atoms with van der Waals surface area (Å²) >= 11 is 0. The first kappa shape index (κ1) is 13.5. The molecule has 1 aromatic rings. The van der Waals surface area contributed by atoms with Crippen molar-refractivity contribution in [2.45, 2.75) is 45.2 Å². The Hall–Kier alpha value is -0.930. The predicted octanol–water partition coefficient (Wildman–Crippen LogP) is 2.59. The second kappa shape index (κ2) is 6.30. The molecule has 3 heteroatoms. The smallest absolute Gasteiger partial charge is 0.0514 e. The molecule has 0 amide bonds. The molecule has 18 heavy (non-hydrogen) atoms. The normalized spacial score (nSPS) is 24.7. The highest BCUT2D eigenvalue weighted by Crippen LogP contribution is 2.29. The fraction of sp³-hybridized carbons (Fsp3) is 0.667. The first-order valence-corrected chi connectivity index (χ1v) is 7.12. The average Bonchev–Trinajstić information content (AvgIpc) is 2.40. The summed E-state index contributed by atoms with van der Waals surface area (Å²) in [5.41, 5.74) is 7.62. The molecule has 0 aromatic carbocycles. The summed E-state index contributed by atoms with van der Waals surface area (Å²) in [4.78, 5) is 6.81. The van der Waals surface area contributed by atoms with E-state index < -0.39 is 0 Å². The van der Waals surface area contributed by atoms with Crippen LogP contribution in [0.4, 0.5) is 0 Å². The predicted molar refractivity (Wildman–Crippen MR) is 75.2 cm³/mol. The van der Waals surface area contributed by atoms with E-state index in [1.807, 2.05) is 18.5 Å². The molecule has 3 nitrogen and oxygen atoms in total. The van der Waals surface area contributed by atoms with Crippen molar-refractivity contribution in [2.24, 2.45) is 11.7 Å². The van der Waals surface area contributed by atoms with Crippen LogP contribution in [0.15, 0.2) is 24.5 Å². The van der Waals surface area contributed by atoms with Crippen LogP contribution in [-0.4, -0.2) is 29.0 Å². The van der Waals surface area contributed by atoms with Crippen molar-refractivity contribution in [1.82, 2.24) is 9.88 Å². The topological polar surface area (TPSA) is 42.1 Å². The molecule has 2 heterocycles. The van der Waals surface area contributed by atoms with Gasteiger partial charge in [0.05, 0.1) is 6.04 Å². The van der Waals surface area contributed by atoms with Gasteiger partial charge in [-0.1, -0.05) is 19.9 Å². The van der Waals surface area contributed by atoms with Gasteiger partial charge < -0.3 is 5.73 Å². The van der Waals surface area contributed by atoms with Crippen molar-refractivity contribution in [3.63, 3.8) is 0 Å². The van der Waals surface area contributed by atoms with Crippen molar-refractivity contribution in [3.8, 4) is 0 Å². The zero-order valence-corrected chi connectivity index (χ0v) is 11.5. The van der Waals surface area contributed by atoms with Gasteiger partial charge in [-0.2, -0.15) is 0 Å². The lowest BCUT2D eigenvalue weighted by Gasteiger charge is -2.40. The fourth-order valence-corrected chi connectivity index (χ4v) is 2.98. The maximum Gasteiger partial charge on any atom is 0.0514 e. The van der Waals surface area contributed by atoms with Crippen molar-refractivity contribution in [1.29, 1.82) is 0 Å². The standard InChI is InChI=1S/C15H25N3/c1-3-14(16)15(13-7-4-8-17-10-13)18-9-5-6-12(2)11-18/h4,7-8,10,12,14-15H,3,5-6,9,11,16H2,1-2H3. The zero-order chi connectivity index (χ0) is 13.0. The molecule has 0 radical (unpaired) electrons. The summed E-state index contributed by atoms with van der Waals surface area (Å²) in [6.45, 7) is 6.83. The van der Waals surface area contributed by atoms with Gasteiger partial charge in [-0.05, 0) is 43.4 Å². The van der Waals surface area contributed by atoms with Crippen LogP contribution < -0.4 is 5.73 Å². The number of piperidine rings is 1. The van der Waals surface area contributed by atoms with Crippen LogP contribution in [0.2, 0.25) is 0 Å². The second-order valence-electron chi connectivity index (χ2n) is 5.55. The van der Waals surface area contributed by atoms with E-state index in [0.29, 0.717) is 6.04 Å². The van der Waals surface area contributed by atoms with Crippen molar-refractivity contribution < 1.29 is 0 Å². The summed E-state index contributed by atoms with van der Waals surface area (Å²) in [5.74, 6) is 0.780. The Labute approximate surface area is 110 Å². The Morgan fingerprint density at radius 1 is 1.56 bits per heavy atom. The number of aromatic nitrogens is 1. The van der Waals surface area contributed by atoms with E-state index in [0.717, 1.165) is 25.4 Å². The molecule has 3 unspecified atom stereocenters. The monoisotopic (exact) mass is 247 g/mol. The van der Waals surface area contributed by atoms with Crippen LogP contribution in [0, 0.1) is 5.92 Å². The summed E-state index contributed by atoms with van der Waals surface area (Å²) < 4.78 is 0. The number of pyridine rings is 1. The molecule has 1 aliphatic rings. The maximum atomic E-state index is 6.36. The van der Waals surface area contributed by atoms with Crippen molar-refractivity contribution in [2.75, 3.05) is 13.1 Å². The van der Waals surface area contributed by atoms with Gasteiger partial charge in [0.2, 0.25) is 0 Å². The molecule has 1 saturated heterocycles. The lowest BCUT2D eigenvalue weighted by Crippen LogP contribution is -2.45. The molecule has 0 saturated carbocycles. The van der Waals surface area contributed by atoms with Gasteiger partial charge in [0, 0.05) is 25.0 Å². The zero-order valence-electron chi connectivity index (χ0n) is 11.5. The third kappa shape index (κ3) is 3.09. The lowest BCUT2D eigenvalue weighted by atomic mass is 9.92. The minimum absolute atomic E-state index is 0.194. The Balaban J connectivity index is 2.20. The fourth-order valence-electron chi connectivity index (χ4n) is 2.98. The summed E-state index contributed by atoms with van der Waals surface area (Å²) in [6, 6.07) is 4.69. The molecule has 2 N–H and O–H groups in total. The quantitative estimate of drug-likeness (QED) is 0.889. The minimum atomic E-state index is 0.194. The number of hydrogen-bond donors (Lipinski definition) is 1. The van der Waals surface area contributed by atoms with E-state index in [1.165, 1.54) is 18.4 Å². The van der Waals surface area contributed by atoms with Crippen LogP contribution in [0.1, 0.15) is 44.7 Å². The van der Waals surface area contributed by atoms with E-state index in [4.69, 9.17) is 5.73 Å². The Morgan fingerprint density at radius 3 is 3.00 bits per heavy atom. The second-order valence-corrected chi connectivity index (χ2v) is 5.55. The van der Waals surface area contributed by atoms with Gasteiger partial charge in [0.15, 0.2) is 0 Å². The van der Waals surface area contributed by atoms with E-state index >= 15 is 0 Å². The van der Waals surface area contributed by atoms with Crippen molar-refractivity contribution in [3.05, 3.63) is 30.1 Å². The average molecular weight is 247 g/mol. The maximum absolute atomic E-state index is 6.36. The molecule has 2 rings (SSSR count). The highest BCUT2D eigenvalue weighted by atomic mass is 15.2. The van der Waals surface area contributed by atoms with E-state index in [2.05, 4.69) is 29.8 Å². The van der Waals surface area contributed by atoms with E-state index in [9.17, 15) is 0 Å². The van der Waals surface area contributed by atoms with Gasteiger partial charge in [-0.3, -0.25) is 9.88 Å². The highest BCUT2D eigenvalue weighted by molar-refractivity contribution is 5.16. The molecule has 1 aliphatic heterocycles. The summed E-state index contributed by atoms with van der Waals surface area (Å²) in [6.07, 6.45) is 7.44. The summed E-state index contributed by atoms with van der Waals surface area (Å²) in [7, 11) is 0. The van der Waals surface area contributed by atoms with Crippen LogP contribution in [0.5, 0.6) is 0 Å². The number of nitrogens with zero attached hydrogens (tertiary/aromatic N) is 2. The van der Waals surface area contributed by atoms with E-state index in [1.54, 1.807) is 0 Å². The highest BCUT2D eigenvalue weighted by Gasteiger charge is 2.28. The van der Waals surface area contributed by atoms with Crippen molar-refractivity contribution >= 4 is 0 Å². The third-order valence-electron chi connectivity index (χ3n) is 3.98. The largest absolute Gasteiger partial charge is 0.326 e. The molecule has 3 atom stereocenters. The molecule has 0 aliphatic carbocycles. The third-order valence-corrected chi connectivity index (χ3v) is 3.98. The Kier molecular flexibility index (Phi) is 4.72. The molecule has 100 valence electrons. The van der Waals surface area contributed by atoms with Crippen LogP contribution >= 0.6 is 0 Å². The minimum Gasteiger partial charge on any atom is -0.326 e. The van der Waals surface area contributed by atoms with E-state index in [-0.39, 0.29) is 6.04 Å². The van der Waals surface area contributed by atoms with Gasteiger partial charge >= 0.3 is 0 Å². The SMILES string of the molecule is CCC(N)C(c1cccnc1)N1CCCC(C)C1.